The Balaban J connectivity index is 2.25. The van der Waals surface area contributed by atoms with Crippen molar-refractivity contribution in [1.29, 1.82) is 0 Å². The lowest BCUT2D eigenvalue weighted by molar-refractivity contribution is -0.147. The molecular weight excluding hydrogens is 218 g/mol. The first-order valence-corrected chi connectivity index (χ1v) is 6.53. The molecule has 0 aliphatic carbocycles. The molecule has 0 aromatic rings. The van der Waals surface area contributed by atoms with Gasteiger partial charge in [-0.3, -0.25) is 4.79 Å². The molecule has 0 unspecified atom stereocenters. The predicted octanol–water partition coefficient (Wildman–Crippen LogP) is 1.99. The summed E-state index contributed by atoms with van der Waals surface area (Å²) >= 11 is 0. The van der Waals surface area contributed by atoms with Crippen molar-refractivity contribution in [2.45, 2.75) is 46.1 Å². The van der Waals surface area contributed by atoms with Crippen LogP contribution in [-0.2, 0) is 9.53 Å². The highest BCUT2D eigenvalue weighted by molar-refractivity contribution is 5.73. The van der Waals surface area contributed by atoms with Gasteiger partial charge in [0.05, 0.1) is 11.5 Å². The zero-order chi connectivity index (χ0) is 12.9. The molecule has 1 N–H and O–H groups in total. The van der Waals surface area contributed by atoms with Crippen LogP contribution in [0, 0.1) is 5.41 Å². The van der Waals surface area contributed by atoms with E-state index in [9.17, 15) is 4.79 Å². The minimum Gasteiger partial charge on any atom is -0.481 e. The molecule has 4 nitrogen and oxygen atoms in total. The van der Waals surface area contributed by atoms with Crippen LogP contribution in [0.15, 0.2) is 0 Å². The monoisotopic (exact) mass is 243 g/mol. The molecule has 0 spiro atoms. The summed E-state index contributed by atoms with van der Waals surface area (Å²) in [6.45, 7) is 9.34. The number of carbonyl (C=O) groups is 1. The van der Waals surface area contributed by atoms with Crippen LogP contribution in [0.4, 0.5) is 0 Å². The van der Waals surface area contributed by atoms with Gasteiger partial charge >= 0.3 is 5.97 Å². The van der Waals surface area contributed by atoms with Crippen molar-refractivity contribution in [3.8, 4) is 0 Å². The van der Waals surface area contributed by atoms with Crippen LogP contribution in [0.25, 0.3) is 0 Å². The smallest absolute Gasteiger partial charge is 0.309 e. The number of carboxylic acid groups (broad SMARTS) is 1. The van der Waals surface area contributed by atoms with E-state index in [0.717, 1.165) is 39.1 Å². The van der Waals surface area contributed by atoms with Gasteiger partial charge in [-0.25, -0.2) is 0 Å². The van der Waals surface area contributed by atoms with Gasteiger partial charge in [-0.1, -0.05) is 0 Å². The van der Waals surface area contributed by atoms with Gasteiger partial charge in [-0.15, -0.1) is 0 Å². The zero-order valence-electron chi connectivity index (χ0n) is 11.2. The largest absolute Gasteiger partial charge is 0.481 e. The van der Waals surface area contributed by atoms with Gasteiger partial charge in [0.25, 0.3) is 0 Å². The van der Waals surface area contributed by atoms with Crippen LogP contribution in [0.3, 0.4) is 0 Å². The predicted molar refractivity (Wildman–Crippen MR) is 67.1 cm³/mol. The van der Waals surface area contributed by atoms with Crippen molar-refractivity contribution in [3.63, 3.8) is 0 Å². The standard InChI is InChI=1S/C13H25NO3/c1-4-17-11-5-8-14(9-6-11)10-7-13(2,3)12(15)16/h11H,4-10H2,1-3H3,(H,15,16). The van der Waals surface area contributed by atoms with Crippen molar-refractivity contribution in [2.24, 2.45) is 5.41 Å². The first kappa shape index (κ1) is 14.5. The number of piperidine rings is 1. The Morgan fingerprint density at radius 1 is 1.41 bits per heavy atom. The average Bonchev–Trinajstić information content (AvgIpc) is 2.28. The first-order valence-electron chi connectivity index (χ1n) is 6.53. The normalized spacial score (nSPS) is 19.5. The van der Waals surface area contributed by atoms with Crippen LogP contribution in [-0.4, -0.2) is 48.3 Å². The van der Waals surface area contributed by atoms with Crippen molar-refractivity contribution < 1.29 is 14.6 Å². The molecule has 100 valence electrons. The second kappa shape index (κ2) is 6.36. The highest BCUT2D eigenvalue weighted by atomic mass is 16.5. The third kappa shape index (κ3) is 4.64. The van der Waals surface area contributed by atoms with E-state index in [1.165, 1.54) is 0 Å². The maximum absolute atomic E-state index is 11.0. The summed E-state index contributed by atoms with van der Waals surface area (Å²) in [6, 6.07) is 0. The number of rotatable bonds is 6. The molecule has 0 atom stereocenters. The third-order valence-corrected chi connectivity index (χ3v) is 3.57. The fourth-order valence-electron chi connectivity index (χ4n) is 2.08. The average molecular weight is 243 g/mol. The van der Waals surface area contributed by atoms with Crippen LogP contribution >= 0.6 is 0 Å². The topological polar surface area (TPSA) is 49.8 Å². The summed E-state index contributed by atoms with van der Waals surface area (Å²) in [4.78, 5) is 13.3. The molecule has 1 aliphatic rings. The van der Waals surface area contributed by atoms with Crippen molar-refractivity contribution in [1.82, 2.24) is 4.90 Å². The van der Waals surface area contributed by atoms with Crippen LogP contribution in [0.1, 0.15) is 40.0 Å². The minimum atomic E-state index is -0.707. The lowest BCUT2D eigenvalue weighted by Crippen LogP contribution is -2.39. The lowest BCUT2D eigenvalue weighted by atomic mass is 9.89. The van der Waals surface area contributed by atoms with Gasteiger partial charge < -0.3 is 14.7 Å². The Hall–Kier alpha value is -0.610. The van der Waals surface area contributed by atoms with Crippen LogP contribution < -0.4 is 0 Å². The molecule has 1 heterocycles. The summed E-state index contributed by atoms with van der Waals surface area (Å²) in [7, 11) is 0. The van der Waals surface area contributed by atoms with E-state index in [-0.39, 0.29) is 0 Å². The van der Waals surface area contributed by atoms with E-state index in [0.29, 0.717) is 12.5 Å². The molecule has 0 amide bonds. The molecule has 17 heavy (non-hydrogen) atoms. The molecule has 4 heteroatoms. The quantitative estimate of drug-likeness (QED) is 0.775. The number of nitrogens with zero attached hydrogens (tertiary/aromatic N) is 1. The molecule has 0 saturated carbocycles. The van der Waals surface area contributed by atoms with Gasteiger partial charge in [0, 0.05) is 19.7 Å². The maximum atomic E-state index is 11.0. The molecule has 0 radical (unpaired) electrons. The number of likely N-dealkylation sites (tertiary alicyclic amines) is 1. The number of aliphatic carboxylic acids is 1. The van der Waals surface area contributed by atoms with E-state index in [2.05, 4.69) is 4.90 Å². The Labute approximate surface area is 104 Å². The molecule has 1 fully saturated rings. The maximum Gasteiger partial charge on any atom is 0.309 e. The Kier molecular flexibility index (Phi) is 5.40. The first-order chi connectivity index (χ1) is 7.95. The number of hydrogen-bond acceptors (Lipinski definition) is 3. The van der Waals surface area contributed by atoms with E-state index in [1.807, 2.05) is 6.92 Å². The Morgan fingerprint density at radius 2 is 2.00 bits per heavy atom. The SMILES string of the molecule is CCOC1CCN(CCC(C)(C)C(=O)O)CC1. The van der Waals surface area contributed by atoms with Gasteiger partial charge in [-0.2, -0.15) is 0 Å². The van der Waals surface area contributed by atoms with E-state index >= 15 is 0 Å². The van der Waals surface area contributed by atoms with E-state index < -0.39 is 11.4 Å². The second-order valence-electron chi connectivity index (χ2n) is 5.44. The number of carboxylic acids is 1. The van der Waals surface area contributed by atoms with E-state index in [1.54, 1.807) is 13.8 Å². The summed E-state index contributed by atoms with van der Waals surface area (Å²) in [5.41, 5.74) is -0.614. The van der Waals surface area contributed by atoms with Gasteiger partial charge in [0.15, 0.2) is 0 Å². The highest BCUT2D eigenvalue weighted by Gasteiger charge is 2.28. The molecule has 0 aromatic heterocycles. The summed E-state index contributed by atoms with van der Waals surface area (Å²) in [5.74, 6) is -0.707. The van der Waals surface area contributed by atoms with Gasteiger partial charge in [0.1, 0.15) is 0 Å². The fourth-order valence-corrected chi connectivity index (χ4v) is 2.08. The zero-order valence-corrected chi connectivity index (χ0v) is 11.2. The van der Waals surface area contributed by atoms with Crippen LogP contribution in [0.5, 0.6) is 0 Å². The third-order valence-electron chi connectivity index (χ3n) is 3.57. The Morgan fingerprint density at radius 3 is 2.47 bits per heavy atom. The number of ether oxygens (including phenoxy) is 1. The molecule has 1 aliphatic heterocycles. The minimum absolute atomic E-state index is 0.406. The lowest BCUT2D eigenvalue weighted by Gasteiger charge is -2.33. The number of hydrogen-bond donors (Lipinski definition) is 1. The molecule has 0 aromatic carbocycles. The fraction of sp³-hybridized carbons (Fsp3) is 0.923. The van der Waals surface area contributed by atoms with Crippen LogP contribution in [0.2, 0.25) is 0 Å². The molecule has 1 rings (SSSR count). The van der Waals surface area contributed by atoms with Gasteiger partial charge in [0.2, 0.25) is 0 Å². The van der Waals surface area contributed by atoms with Crippen molar-refractivity contribution in [3.05, 3.63) is 0 Å². The molecular formula is C13H25NO3. The Bertz CT molecular complexity index is 245. The van der Waals surface area contributed by atoms with Crippen molar-refractivity contribution in [2.75, 3.05) is 26.2 Å². The summed E-state index contributed by atoms with van der Waals surface area (Å²) < 4.78 is 5.59. The second-order valence-corrected chi connectivity index (χ2v) is 5.44. The van der Waals surface area contributed by atoms with Crippen molar-refractivity contribution >= 4 is 5.97 Å². The van der Waals surface area contributed by atoms with Gasteiger partial charge in [-0.05, 0) is 46.6 Å². The van der Waals surface area contributed by atoms with E-state index in [4.69, 9.17) is 9.84 Å². The summed E-state index contributed by atoms with van der Waals surface area (Å²) in [6.07, 6.45) is 3.26. The molecule has 0 bridgehead atoms. The molecule has 1 saturated heterocycles. The highest BCUT2D eigenvalue weighted by Crippen LogP contribution is 2.22. The summed E-state index contributed by atoms with van der Waals surface area (Å²) in [5, 5.41) is 9.04.